The van der Waals surface area contributed by atoms with Crippen LogP contribution in [0.2, 0.25) is 0 Å². The second kappa shape index (κ2) is 11.6. The number of hydrogen-bond donors (Lipinski definition) is 0. The number of ether oxygens (including phenoxy) is 2. The third-order valence-corrected chi connectivity index (χ3v) is 6.07. The number of aromatic nitrogens is 2. The van der Waals surface area contributed by atoms with Gasteiger partial charge in [0.15, 0.2) is 0 Å². The van der Waals surface area contributed by atoms with Crippen molar-refractivity contribution in [3.05, 3.63) is 17.3 Å². The molecule has 2 heterocycles. The number of nitrogens with zero attached hydrogens (tertiary/aromatic N) is 3. The van der Waals surface area contributed by atoms with E-state index in [1.807, 2.05) is 6.92 Å². The van der Waals surface area contributed by atoms with E-state index in [-0.39, 0.29) is 18.1 Å². The molecule has 0 aromatic carbocycles. The van der Waals surface area contributed by atoms with E-state index in [2.05, 4.69) is 42.6 Å². The van der Waals surface area contributed by atoms with Crippen LogP contribution >= 0.6 is 11.7 Å². The first kappa shape index (κ1) is 23.8. The molecule has 1 aromatic heterocycles. The molecule has 0 saturated carbocycles. The van der Waals surface area contributed by atoms with Crippen molar-refractivity contribution >= 4 is 17.7 Å². The summed E-state index contributed by atoms with van der Waals surface area (Å²) >= 11 is 1.22. The molecule has 0 N–H and O–H groups in total. The van der Waals surface area contributed by atoms with Gasteiger partial charge < -0.3 is 9.47 Å². The lowest BCUT2D eigenvalue weighted by atomic mass is 10.00. The van der Waals surface area contributed by atoms with Gasteiger partial charge in [0.05, 0.1) is 31.9 Å². The summed E-state index contributed by atoms with van der Waals surface area (Å²) in [6.07, 6.45) is 9.03. The molecule has 2 unspecified atom stereocenters. The molecule has 0 aliphatic carbocycles. The molecular weight excluding hydrogens is 386 g/mol. The Morgan fingerprint density at radius 1 is 1.24 bits per heavy atom. The zero-order valence-corrected chi connectivity index (χ0v) is 19.6. The number of carbonyl (C=O) groups is 1. The van der Waals surface area contributed by atoms with Crippen LogP contribution in [0.4, 0.5) is 0 Å². The molecule has 164 valence electrons. The van der Waals surface area contributed by atoms with E-state index in [0.29, 0.717) is 18.9 Å². The average molecular weight is 425 g/mol. The molecule has 0 amide bonds. The Balaban J connectivity index is 2.00. The molecule has 0 bridgehead atoms. The molecule has 1 aromatic rings. The fraction of sp³-hybridized carbons (Fsp3) is 0.773. The monoisotopic (exact) mass is 424 g/mol. The number of likely N-dealkylation sites (N-methyl/N-ethyl adjacent to an activating group) is 1. The molecule has 7 heteroatoms. The van der Waals surface area contributed by atoms with Gasteiger partial charge in [-0.05, 0) is 12.0 Å². The van der Waals surface area contributed by atoms with E-state index >= 15 is 0 Å². The Bertz CT molecular complexity index is 674. The van der Waals surface area contributed by atoms with Gasteiger partial charge in [0.2, 0.25) is 12.1 Å². The van der Waals surface area contributed by atoms with Crippen molar-refractivity contribution < 1.29 is 18.8 Å². The molecule has 2 atom stereocenters. The van der Waals surface area contributed by atoms with Crippen molar-refractivity contribution in [1.82, 2.24) is 8.75 Å². The van der Waals surface area contributed by atoms with Gasteiger partial charge in [-0.3, -0.25) is 9.28 Å². The highest BCUT2D eigenvalue weighted by Gasteiger charge is 2.40. The van der Waals surface area contributed by atoms with Crippen molar-refractivity contribution in [2.75, 3.05) is 26.7 Å². The predicted octanol–water partition coefficient (Wildman–Crippen LogP) is 4.75. The van der Waals surface area contributed by atoms with Crippen molar-refractivity contribution in [2.24, 2.45) is 5.92 Å². The Hall–Kier alpha value is -1.47. The Kier molecular flexibility index (Phi) is 9.56. The lowest BCUT2D eigenvalue weighted by molar-refractivity contribution is -0.953. The highest BCUT2D eigenvalue weighted by Crippen LogP contribution is 2.29. The summed E-state index contributed by atoms with van der Waals surface area (Å²) in [5.74, 6) is 0.824. The minimum absolute atomic E-state index is 0.124. The van der Waals surface area contributed by atoms with E-state index in [4.69, 9.17) is 9.47 Å². The summed E-state index contributed by atoms with van der Waals surface area (Å²) in [5.41, 5.74) is 2.25. The smallest absolute Gasteiger partial charge is 0.310 e. The van der Waals surface area contributed by atoms with E-state index in [9.17, 15) is 4.79 Å². The van der Waals surface area contributed by atoms with Gasteiger partial charge in [-0.1, -0.05) is 53.0 Å². The van der Waals surface area contributed by atoms with Gasteiger partial charge in [-0.2, -0.15) is 4.37 Å². The number of quaternary nitrogens is 1. The summed E-state index contributed by atoms with van der Waals surface area (Å²) in [4.78, 5) is 12.0. The fourth-order valence-corrected chi connectivity index (χ4v) is 4.56. The fourth-order valence-electron chi connectivity index (χ4n) is 4.05. The number of unbranched alkanes of at least 4 members (excludes halogenated alkanes) is 3. The summed E-state index contributed by atoms with van der Waals surface area (Å²) in [7, 11) is 2.20. The quantitative estimate of drug-likeness (QED) is 0.210. The Morgan fingerprint density at radius 2 is 2.03 bits per heavy atom. The molecule has 2 rings (SSSR count). The zero-order chi connectivity index (χ0) is 21.3. The highest BCUT2D eigenvalue weighted by molar-refractivity contribution is 6.99. The van der Waals surface area contributed by atoms with E-state index in [0.717, 1.165) is 42.5 Å². The SMILES string of the molecule is CCCCCCOc1nsnc1CC1=CCC[N+](C)(C(OC(=O)CC)C(C)C)C1. The molecule has 0 saturated heterocycles. The van der Waals surface area contributed by atoms with Crippen LogP contribution in [0.1, 0.15) is 71.9 Å². The normalized spacial score (nSPS) is 20.4. The Labute approximate surface area is 180 Å². The van der Waals surface area contributed by atoms with E-state index in [1.54, 1.807) is 0 Å². The van der Waals surface area contributed by atoms with Crippen molar-refractivity contribution in [3.63, 3.8) is 0 Å². The van der Waals surface area contributed by atoms with Crippen LogP contribution in [-0.2, 0) is 16.0 Å². The molecule has 29 heavy (non-hydrogen) atoms. The first-order valence-corrected chi connectivity index (χ1v) is 11.8. The maximum Gasteiger partial charge on any atom is 0.310 e. The van der Waals surface area contributed by atoms with Crippen molar-refractivity contribution in [2.45, 2.75) is 78.9 Å². The zero-order valence-electron chi connectivity index (χ0n) is 18.8. The van der Waals surface area contributed by atoms with Crippen LogP contribution in [0.3, 0.4) is 0 Å². The number of hydrogen-bond acceptors (Lipinski definition) is 6. The highest BCUT2D eigenvalue weighted by atomic mass is 32.1. The molecule has 1 aliphatic heterocycles. The number of carbonyl (C=O) groups excluding carboxylic acids is 1. The molecule has 1 aliphatic rings. The van der Waals surface area contributed by atoms with Gasteiger partial charge in [0.1, 0.15) is 12.2 Å². The maximum atomic E-state index is 12.0. The molecular formula is C22H38N3O3S+. The van der Waals surface area contributed by atoms with Crippen molar-refractivity contribution in [1.29, 1.82) is 0 Å². The lowest BCUT2D eigenvalue weighted by Crippen LogP contribution is -2.58. The van der Waals surface area contributed by atoms with Crippen LogP contribution < -0.4 is 4.74 Å². The molecule has 6 nitrogen and oxygen atoms in total. The number of rotatable bonds is 12. The van der Waals surface area contributed by atoms with Gasteiger partial charge in [-0.15, -0.1) is 4.37 Å². The van der Waals surface area contributed by atoms with Crippen molar-refractivity contribution in [3.8, 4) is 5.88 Å². The largest absolute Gasteiger partial charge is 0.476 e. The summed E-state index contributed by atoms with van der Waals surface area (Å²) in [6.45, 7) is 10.8. The van der Waals surface area contributed by atoms with Gasteiger partial charge in [0.25, 0.3) is 0 Å². The topological polar surface area (TPSA) is 61.3 Å². The van der Waals surface area contributed by atoms with Crippen LogP contribution in [0.25, 0.3) is 0 Å². The second-order valence-corrected chi connectivity index (χ2v) is 9.12. The molecule has 0 fully saturated rings. The maximum absolute atomic E-state index is 12.0. The predicted molar refractivity (Wildman–Crippen MR) is 117 cm³/mol. The average Bonchev–Trinajstić information content (AvgIpc) is 3.12. The van der Waals surface area contributed by atoms with E-state index in [1.165, 1.54) is 36.6 Å². The van der Waals surface area contributed by atoms with Crippen LogP contribution in [-0.4, -0.2) is 52.2 Å². The van der Waals surface area contributed by atoms with E-state index < -0.39 is 0 Å². The third kappa shape index (κ3) is 7.07. The minimum atomic E-state index is -0.131. The number of esters is 1. The lowest BCUT2D eigenvalue weighted by Gasteiger charge is -2.44. The first-order chi connectivity index (χ1) is 13.9. The van der Waals surface area contributed by atoms with Crippen LogP contribution in [0.5, 0.6) is 5.88 Å². The molecule has 0 radical (unpaired) electrons. The third-order valence-electron chi connectivity index (χ3n) is 5.52. The van der Waals surface area contributed by atoms with Gasteiger partial charge >= 0.3 is 5.97 Å². The summed E-state index contributed by atoms with van der Waals surface area (Å²) in [5, 5.41) is 0. The van der Waals surface area contributed by atoms with Crippen LogP contribution in [0.15, 0.2) is 11.6 Å². The summed E-state index contributed by atoms with van der Waals surface area (Å²) < 4.78 is 21.3. The second-order valence-electron chi connectivity index (χ2n) is 8.59. The standard InChI is InChI=1S/C22H38N3O3S/c1-6-8-9-10-14-27-21-19(23-29-24-21)15-18-12-11-13-25(5,16-18)22(17(3)4)28-20(26)7-2/h12,17,22H,6-11,13-16H2,1-5H3/q+1. The molecule has 0 spiro atoms. The van der Waals surface area contributed by atoms with Gasteiger partial charge in [0, 0.05) is 25.2 Å². The van der Waals surface area contributed by atoms with Gasteiger partial charge in [-0.25, -0.2) is 0 Å². The minimum Gasteiger partial charge on any atom is -0.476 e. The summed E-state index contributed by atoms with van der Waals surface area (Å²) in [6, 6.07) is 0. The van der Waals surface area contributed by atoms with Crippen LogP contribution in [0, 0.1) is 5.92 Å². The first-order valence-electron chi connectivity index (χ1n) is 11.1. The Morgan fingerprint density at radius 3 is 2.72 bits per heavy atom.